The average Bonchev–Trinajstić information content (AvgIpc) is 2.98. The summed E-state index contributed by atoms with van der Waals surface area (Å²) in [5, 5.41) is 9.75. The van der Waals surface area contributed by atoms with E-state index >= 15 is 0 Å². The summed E-state index contributed by atoms with van der Waals surface area (Å²) in [6.45, 7) is -0.844. The second kappa shape index (κ2) is 7.85. The molecule has 0 bridgehead atoms. The zero-order valence-corrected chi connectivity index (χ0v) is 16.0. The van der Waals surface area contributed by atoms with Gasteiger partial charge in [0.25, 0.3) is 0 Å². The maximum atomic E-state index is 13.4. The Hall–Kier alpha value is -1.89. The first-order valence-electron chi connectivity index (χ1n) is 10.3. The van der Waals surface area contributed by atoms with Gasteiger partial charge in [0, 0.05) is 25.7 Å². The van der Waals surface area contributed by atoms with Crippen LogP contribution >= 0.6 is 0 Å². The van der Waals surface area contributed by atoms with Crippen LogP contribution in [0.15, 0.2) is 24.3 Å². The molecule has 0 aromatic heterocycles. The molecule has 1 amide bonds. The van der Waals surface area contributed by atoms with E-state index in [2.05, 4.69) is 0 Å². The normalized spacial score (nSPS) is 31.1. The van der Waals surface area contributed by atoms with E-state index in [0.29, 0.717) is 12.2 Å². The van der Waals surface area contributed by atoms with Crippen LogP contribution in [0.5, 0.6) is 5.75 Å². The molecule has 1 spiro atoms. The Kier molecular flexibility index (Phi) is 5.45. The zero-order chi connectivity index (χ0) is 19.7. The number of likely N-dealkylation sites (tertiary alicyclic amines) is 1. The zero-order valence-electron chi connectivity index (χ0n) is 16.0. The molecule has 2 saturated heterocycles. The summed E-state index contributed by atoms with van der Waals surface area (Å²) >= 11 is 0. The van der Waals surface area contributed by atoms with Gasteiger partial charge in [0.05, 0.1) is 17.2 Å². The molecule has 0 radical (unpaired) electrons. The van der Waals surface area contributed by atoms with Crippen molar-refractivity contribution in [1.29, 1.82) is 0 Å². The molecule has 2 aliphatic heterocycles. The topological polar surface area (TPSA) is 53.0 Å². The summed E-state index contributed by atoms with van der Waals surface area (Å²) in [6.07, 6.45) is 5.49. The van der Waals surface area contributed by atoms with Crippen molar-refractivity contribution in [2.24, 2.45) is 5.41 Å². The van der Waals surface area contributed by atoms with Crippen molar-refractivity contribution in [1.82, 2.24) is 4.90 Å². The molecule has 1 N–H and O–H groups in total. The first-order valence-corrected chi connectivity index (χ1v) is 10.3. The number of para-hydroxylation sites is 2. The molecule has 1 aromatic rings. The number of rotatable bonds is 4. The number of piperidine rings is 1. The Labute approximate surface area is 164 Å². The summed E-state index contributed by atoms with van der Waals surface area (Å²) in [6, 6.07) is 7.06. The van der Waals surface area contributed by atoms with Crippen LogP contribution in [0.1, 0.15) is 44.9 Å². The molecule has 1 aliphatic carbocycles. The summed E-state index contributed by atoms with van der Waals surface area (Å²) in [5.74, 6) is 0.365. The first-order chi connectivity index (χ1) is 13.5. The van der Waals surface area contributed by atoms with Crippen molar-refractivity contribution in [2.45, 2.75) is 63.7 Å². The number of aliphatic hydroxyl groups is 1. The van der Waals surface area contributed by atoms with Crippen LogP contribution in [0.25, 0.3) is 0 Å². The number of anilines is 1. The predicted octanol–water partition coefficient (Wildman–Crippen LogP) is 3.41. The average molecular weight is 394 g/mol. The third-order valence-electron chi connectivity index (χ3n) is 6.65. The smallest absolute Gasteiger partial charge is 0.387 e. The third kappa shape index (κ3) is 3.69. The van der Waals surface area contributed by atoms with E-state index in [4.69, 9.17) is 4.74 Å². The highest BCUT2D eigenvalue weighted by Crippen LogP contribution is 2.44. The molecule has 1 saturated carbocycles. The summed E-state index contributed by atoms with van der Waals surface area (Å²) in [5.41, 5.74) is 0.195. The minimum absolute atomic E-state index is 0.165. The van der Waals surface area contributed by atoms with Gasteiger partial charge in [-0.15, -0.1) is 0 Å². The number of benzene rings is 1. The lowest BCUT2D eigenvalue weighted by molar-refractivity contribution is -0.139. The quantitative estimate of drug-likeness (QED) is 0.850. The Morgan fingerprint density at radius 3 is 2.61 bits per heavy atom. The fraction of sp³-hybridized carbons (Fsp3) is 0.667. The van der Waals surface area contributed by atoms with E-state index < -0.39 is 12.0 Å². The van der Waals surface area contributed by atoms with E-state index in [-0.39, 0.29) is 23.8 Å². The highest BCUT2D eigenvalue weighted by Gasteiger charge is 2.50. The van der Waals surface area contributed by atoms with E-state index in [1.807, 2.05) is 15.9 Å². The lowest BCUT2D eigenvalue weighted by Crippen LogP contribution is -2.50. The molecule has 1 aromatic carbocycles. The van der Waals surface area contributed by atoms with E-state index in [9.17, 15) is 18.7 Å². The number of ether oxygens (including phenoxy) is 1. The summed E-state index contributed by atoms with van der Waals surface area (Å²) < 4.78 is 30.3. The van der Waals surface area contributed by atoms with Gasteiger partial charge in [-0.2, -0.15) is 8.78 Å². The lowest BCUT2D eigenvalue weighted by atomic mass is 9.78. The van der Waals surface area contributed by atoms with Gasteiger partial charge in [0.1, 0.15) is 5.75 Å². The van der Waals surface area contributed by atoms with Crippen molar-refractivity contribution in [3.63, 3.8) is 0 Å². The van der Waals surface area contributed by atoms with Crippen LogP contribution in [-0.4, -0.2) is 54.3 Å². The molecule has 154 valence electrons. The minimum Gasteiger partial charge on any atom is -0.433 e. The number of amides is 1. The van der Waals surface area contributed by atoms with Crippen LogP contribution in [-0.2, 0) is 4.79 Å². The van der Waals surface area contributed by atoms with Gasteiger partial charge in [-0.05, 0) is 57.1 Å². The molecule has 0 unspecified atom stereocenters. The Morgan fingerprint density at radius 2 is 1.86 bits per heavy atom. The summed E-state index contributed by atoms with van der Waals surface area (Å²) in [4.78, 5) is 17.4. The first kappa shape index (κ1) is 19.4. The fourth-order valence-corrected chi connectivity index (χ4v) is 5.20. The molecule has 7 heteroatoms. The molecular formula is C21H28F2N2O3. The molecular weight excluding hydrogens is 366 g/mol. The second-order valence-corrected chi connectivity index (χ2v) is 8.36. The highest BCUT2D eigenvalue weighted by molar-refractivity contribution is 5.86. The lowest BCUT2D eigenvalue weighted by Gasteiger charge is -2.41. The van der Waals surface area contributed by atoms with Crippen molar-refractivity contribution in [3.8, 4) is 5.75 Å². The maximum Gasteiger partial charge on any atom is 0.387 e. The number of hydrogen-bond donors (Lipinski definition) is 1. The Bertz CT molecular complexity index is 709. The number of hydrogen-bond acceptors (Lipinski definition) is 4. The van der Waals surface area contributed by atoms with Crippen LogP contribution < -0.4 is 9.64 Å². The molecule has 5 nitrogen and oxygen atoms in total. The predicted molar refractivity (Wildman–Crippen MR) is 102 cm³/mol. The Balaban J connectivity index is 1.50. The highest BCUT2D eigenvalue weighted by atomic mass is 19.3. The number of carbonyl (C=O) groups is 1. The number of carbonyl (C=O) groups excluding carboxylic acids is 1. The monoisotopic (exact) mass is 394 g/mol. The van der Waals surface area contributed by atoms with Gasteiger partial charge < -0.3 is 19.6 Å². The third-order valence-corrected chi connectivity index (χ3v) is 6.65. The van der Waals surface area contributed by atoms with Crippen molar-refractivity contribution < 1.29 is 23.4 Å². The molecule has 4 rings (SSSR count). The largest absolute Gasteiger partial charge is 0.433 e. The van der Waals surface area contributed by atoms with Gasteiger partial charge in [-0.3, -0.25) is 4.79 Å². The van der Waals surface area contributed by atoms with Crippen molar-refractivity contribution in [3.05, 3.63) is 24.3 Å². The molecule has 3 aliphatic rings. The molecule has 1 atom stereocenters. The SMILES string of the molecule is O=C1N([C@H]2CC[C@H](O)CC2)CC[C@@]12CCCN(c1ccccc1OC(F)F)C2. The van der Waals surface area contributed by atoms with Gasteiger partial charge >= 0.3 is 6.61 Å². The maximum absolute atomic E-state index is 13.4. The van der Waals surface area contributed by atoms with Crippen LogP contribution in [0, 0.1) is 5.41 Å². The van der Waals surface area contributed by atoms with E-state index in [0.717, 1.165) is 58.0 Å². The van der Waals surface area contributed by atoms with E-state index in [1.165, 1.54) is 0 Å². The van der Waals surface area contributed by atoms with Gasteiger partial charge in [-0.25, -0.2) is 0 Å². The molecule has 2 heterocycles. The number of halogens is 2. The molecule has 3 fully saturated rings. The van der Waals surface area contributed by atoms with E-state index in [1.54, 1.807) is 18.2 Å². The van der Waals surface area contributed by atoms with Crippen LogP contribution in [0.2, 0.25) is 0 Å². The number of alkyl halides is 2. The van der Waals surface area contributed by atoms with Crippen LogP contribution in [0.3, 0.4) is 0 Å². The van der Waals surface area contributed by atoms with Crippen molar-refractivity contribution >= 4 is 11.6 Å². The van der Waals surface area contributed by atoms with Gasteiger partial charge in [0.2, 0.25) is 5.91 Å². The number of aliphatic hydroxyl groups excluding tert-OH is 1. The molecule has 28 heavy (non-hydrogen) atoms. The van der Waals surface area contributed by atoms with Gasteiger partial charge in [-0.1, -0.05) is 12.1 Å². The van der Waals surface area contributed by atoms with Gasteiger partial charge in [0.15, 0.2) is 0 Å². The minimum atomic E-state index is -2.87. The standard InChI is InChI=1S/C21H28F2N2O3/c22-20(23)28-18-5-2-1-4-17(18)24-12-3-10-21(14-24)11-13-25(19(21)27)15-6-8-16(26)9-7-15/h1-2,4-5,15-16,20,26H,3,6-14H2/t15-,16-,21-/m1/s1. The number of nitrogens with zero attached hydrogens (tertiary/aromatic N) is 2. The van der Waals surface area contributed by atoms with Crippen molar-refractivity contribution in [2.75, 3.05) is 24.5 Å². The second-order valence-electron chi connectivity index (χ2n) is 8.36. The Morgan fingerprint density at radius 1 is 1.11 bits per heavy atom. The fourth-order valence-electron chi connectivity index (χ4n) is 5.20. The van der Waals surface area contributed by atoms with Crippen LogP contribution in [0.4, 0.5) is 14.5 Å². The summed E-state index contributed by atoms with van der Waals surface area (Å²) in [7, 11) is 0.